The molecule has 1 heterocycles. The fourth-order valence-corrected chi connectivity index (χ4v) is 1.94. The normalized spacial score (nSPS) is 17.1. The summed E-state index contributed by atoms with van der Waals surface area (Å²) in [5, 5.41) is 6.74. The van der Waals surface area contributed by atoms with Gasteiger partial charge < -0.3 is 15.4 Å². The highest BCUT2D eigenvalue weighted by atomic mass is 35.5. The zero-order chi connectivity index (χ0) is 13.2. The first-order valence-corrected chi connectivity index (χ1v) is 6.34. The minimum atomic E-state index is -0.243. The van der Waals surface area contributed by atoms with Crippen LogP contribution in [-0.4, -0.2) is 31.2 Å². The van der Waals surface area contributed by atoms with E-state index >= 15 is 0 Å². The van der Waals surface area contributed by atoms with Gasteiger partial charge in [-0.15, -0.1) is 0 Å². The van der Waals surface area contributed by atoms with E-state index in [1.807, 2.05) is 6.92 Å². The van der Waals surface area contributed by atoms with Crippen molar-refractivity contribution in [3.05, 3.63) is 28.2 Å². The molecule has 1 aliphatic rings. The molecule has 0 bridgehead atoms. The molecule has 1 saturated heterocycles. The summed E-state index contributed by atoms with van der Waals surface area (Å²) in [5.41, 5.74) is 0.254. The molecular weight excluding hydrogens is 275 g/mol. The van der Waals surface area contributed by atoms with Crippen LogP contribution in [0.25, 0.3) is 0 Å². The minimum Gasteiger partial charge on any atom is -0.363 e. The van der Waals surface area contributed by atoms with Gasteiger partial charge in [0.1, 0.15) is 6.61 Å². The first-order chi connectivity index (χ1) is 8.48. The molecule has 0 aliphatic carbocycles. The molecule has 0 radical (unpaired) electrons. The maximum atomic E-state index is 11.7. The standard InChI is InChI=1S/C12H14Cl2N2O2/c1-12(6-15-7-12)18-5-11(17)16-10-4-8(13)2-3-9(10)14/h2-4,15H,5-7H2,1H3,(H,16,17). The summed E-state index contributed by atoms with van der Waals surface area (Å²) in [6.07, 6.45) is 0. The summed E-state index contributed by atoms with van der Waals surface area (Å²) >= 11 is 11.8. The van der Waals surface area contributed by atoms with Crippen LogP contribution in [0.5, 0.6) is 0 Å². The molecule has 1 aliphatic heterocycles. The topological polar surface area (TPSA) is 50.4 Å². The lowest BCUT2D eigenvalue weighted by molar-refractivity contribution is -0.130. The molecule has 2 N–H and O–H groups in total. The van der Waals surface area contributed by atoms with E-state index in [0.29, 0.717) is 15.7 Å². The van der Waals surface area contributed by atoms with Crippen LogP contribution in [0, 0.1) is 0 Å². The summed E-state index contributed by atoms with van der Waals surface area (Å²) in [6, 6.07) is 4.91. The Hall–Kier alpha value is -0.810. The Morgan fingerprint density at radius 1 is 1.50 bits per heavy atom. The number of rotatable bonds is 4. The van der Waals surface area contributed by atoms with E-state index < -0.39 is 0 Å². The van der Waals surface area contributed by atoms with Crippen molar-refractivity contribution in [3.63, 3.8) is 0 Å². The van der Waals surface area contributed by atoms with E-state index in [1.54, 1.807) is 18.2 Å². The number of amides is 1. The van der Waals surface area contributed by atoms with Gasteiger partial charge in [-0.05, 0) is 25.1 Å². The number of hydrogen-bond donors (Lipinski definition) is 2. The highest BCUT2D eigenvalue weighted by Gasteiger charge is 2.33. The molecule has 0 unspecified atom stereocenters. The van der Waals surface area contributed by atoms with Gasteiger partial charge in [-0.2, -0.15) is 0 Å². The van der Waals surface area contributed by atoms with E-state index in [2.05, 4.69) is 10.6 Å². The molecule has 18 heavy (non-hydrogen) atoms. The van der Waals surface area contributed by atoms with Gasteiger partial charge in [0.25, 0.3) is 0 Å². The number of hydrogen-bond acceptors (Lipinski definition) is 3. The van der Waals surface area contributed by atoms with Gasteiger partial charge in [-0.3, -0.25) is 4.79 Å². The van der Waals surface area contributed by atoms with Gasteiger partial charge >= 0.3 is 0 Å². The molecule has 2 rings (SSSR count). The zero-order valence-electron chi connectivity index (χ0n) is 9.93. The first kappa shape index (κ1) is 13.6. The van der Waals surface area contributed by atoms with E-state index in [1.165, 1.54) is 0 Å². The predicted molar refractivity (Wildman–Crippen MR) is 72.3 cm³/mol. The number of ether oxygens (including phenoxy) is 1. The monoisotopic (exact) mass is 288 g/mol. The van der Waals surface area contributed by atoms with Crippen LogP contribution in [0.2, 0.25) is 10.0 Å². The van der Waals surface area contributed by atoms with Gasteiger partial charge in [-0.1, -0.05) is 23.2 Å². The zero-order valence-corrected chi connectivity index (χ0v) is 11.4. The van der Waals surface area contributed by atoms with Crippen molar-refractivity contribution in [3.8, 4) is 0 Å². The molecule has 1 aromatic carbocycles. The number of anilines is 1. The highest BCUT2D eigenvalue weighted by molar-refractivity contribution is 6.35. The molecule has 98 valence electrons. The Morgan fingerprint density at radius 3 is 2.83 bits per heavy atom. The van der Waals surface area contributed by atoms with Crippen LogP contribution in [0.1, 0.15) is 6.92 Å². The molecule has 6 heteroatoms. The maximum Gasteiger partial charge on any atom is 0.250 e. The Labute approximate surface area is 116 Å². The van der Waals surface area contributed by atoms with E-state index in [-0.39, 0.29) is 18.1 Å². The number of carbonyl (C=O) groups is 1. The second-order valence-corrected chi connectivity index (χ2v) is 5.36. The van der Waals surface area contributed by atoms with Crippen molar-refractivity contribution in [2.45, 2.75) is 12.5 Å². The van der Waals surface area contributed by atoms with Crippen molar-refractivity contribution < 1.29 is 9.53 Å². The fourth-order valence-electron chi connectivity index (χ4n) is 1.60. The molecule has 1 amide bonds. The quantitative estimate of drug-likeness (QED) is 0.894. The maximum absolute atomic E-state index is 11.7. The lowest BCUT2D eigenvalue weighted by Crippen LogP contribution is -2.59. The number of carbonyl (C=O) groups excluding carboxylic acids is 1. The Balaban J connectivity index is 1.88. The summed E-state index contributed by atoms with van der Waals surface area (Å²) in [6.45, 7) is 3.49. The van der Waals surface area contributed by atoms with Gasteiger partial charge in [0.2, 0.25) is 5.91 Å². The lowest BCUT2D eigenvalue weighted by Gasteiger charge is -2.38. The average molecular weight is 289 g/mol. The molecule has 4 nitrogen and oxygen atoms in total. The van der Waals surface area contributed by atoms with Crippen LogP contribution in [0.15, 0.2) is 18.2 Å². The van der Waals surface area contributed by atoms with Crippen molar-refractivity contribution >= 4 is 34.8 Å². The number of nitrogens with one attached hydrogen (secondary N) is 2. The summed E-state index contributed by atoms with van der Waals surface area (Å²) in [4.78, 5) is 11.7. The third-order valence-corrected chi connectivity index (χ3v) is 3.32. The van der Waals surface area contributed by atoms with E-state index in [0.717, 1.165) is 13.1 Å². The minimum absolute atomic E-state index is 0.00101. The predicted octanol–water partition coefficient (Wildman–Crippen LogP) is 2.31. The molecule has 1 fully saturated rings. The van der Waals surface area contributed by atoms with Crippen LogP contribution >= 0.6 is 23.2 Å². The molecule has 0 atom stereocenters. The third-order valence-electron chi connectivity index (χ3n) is 2.75. The second kappa shape index (κ2) is 5.45. The summed E-state index contributed by atoms with van der Waals surface area (Å²) < 4.78 is 5.52. The van der Waals surface area contributed by atoms with E-state index in [9.17, 15) is 4.79 Å². The molecule has 0 saturated carbocycles. The Kier molecular flexibility index (Phi) is 4.12. The summed E-state index contributed by atoms with van der Waals surface area (Å²) in [5.74, 6) is -0.243. The van der Waals surface area contributed by atoms with Gasteiger partial charge in [-0.25, -0.2) is 0 Å². The first-order valence-electron chi connectivity index (χ1n) is 5.58. The second-order valence-electron chi connectivity index (χ2n) is 4.51. The van der Waals surface area contributed by atoms with Crippen molar-refractivity contribution in [1.82, 2.24) is 5.32 Å². The van der Waals surface area contributed by atoms with Crippen LogP contribution in [0.3, 0.4) is 0 Å². The van der Waals surface area contributed by atoms with Gasteiger partial charge in [0, 0.05) is 18.1 Å². The highest BCUT2D eigenvalue weighted by Crippen LogP contribution is 2.25. The third kappa shape index (κ3) is 3.36. The van der Waals surface area contributed by atoms with Crippen molar-refractivity contribution in [2.75, 3.05) is 25.0 Å². The van der Waals surface area contributed by atoms with Crippen LogP contribution in [-0.2, 0) is 9.53 Å². The number of benzene rings is 1. The van der Waals surface area contributed by atoms with Crippen LogP contribution in [0.4, 0.5) is 5.69 Å². The fraction of sp³-hybridized carbons (Fsp3) is 0.417. The molecule has 0 aromatic heterocycles. The molecular formula is C12H14Cl2N2O2. The van der Waals surface area contributed by atoms with Crippen molar-refractivity contribution in [1.29, 1.82) is 0 Å². The van der Waals surface area contributed by atoms with Crippen LogP contribution < -0.4 is 10.6 Å². The molecule has 0 spiro atoms. The average Bonchev–Trinajstić information content (AvgIpc) is 2.29. The van der Waals surface area contributed by atoms with Crippen molar-refractivity contribution in [2.24, 2.45) is 0 Å². The number of halogens is 2. The Bertz CT molecular complexity index is 461. The van der Waals surface area contributed by atoms with E-state index in [4.69, 9.17) is 27.9 Å². The summed E-state index contributed by atoms with van der Waals surface area (Å²) in [7, 11) is 0. The molecule has 1 aromatic rings. The lowest BCUT2D eigenvalue weighted by atomic mass is 10.0. The van der Waals surface area contributed by atoms with Gasteiger partial charge in [0.05, 0.1) is 16.3 Å². The van der Waals surface area contributed by atoms with Gasteiger partial charge in [0.15, 0.2) is 0 Å². The smallest absolute Gasteiger partial charge is 0.250 e. The largest absolute Gasteiger partial charge is 0.363 e. The Morgan fingerprint density at radius 2 is 2.22 bits per heavy atom. The SMILES string of the molecule is CC1(OCC(=O)Nc2cc(Cl)ccc2Cl)CNC1.